The number of pyridine rings is 1. The quantitative estimate of drug-likeness (QED) is 0.848. The molecule has 4 heteroatoms. The maximum Gasteiger partial charge on any atom is 0.0299 e. The van der Waals surface area contributed by atoms with Crippen molar-refractivity contribution in [3.05, 3.63) is 30.1 Å². The summed E-state index contributed by atoms with van der Waals surface area (Å²) in [6.45, 7) is 2.70. The molecule has 0 saturated carbocycles. The van der Waals surface area contributed by atoms with Gasteiger partial charge in [-0.15, -0.1) is 24.8 Å². The van der Waals surface area contributed by atoms with Crippen molar-refractivity contribution in [1.82, 2.24) is 9.88 Å². The normalized spacial score (nSPS) is 29.2. The summed E-state index contributed by atoms with van der Waals surface area (Å²) in [4.78, 5) is 6.89. The molecule has 3 aliphatic rings. The van der Waals surface area contributed by atoms with Gasteiger partial charge in [-0.3, -0.25) is 4.98 Å². The lowest BCUT2D eigenvalue weighted by molar-refractivity contribution is 0.0453. The Morgan fingerprint density at radius 3 is 2.56 bits per heavy atom. The van der Waals surface area contributed by atoms with Crippen LogP contribution in [0.3, 0.4) is 0 Å². The Balaban J connectivity index is 0.000000810. The molecule has 2 bridgehead atoms. The fourth-order valence-electron chi connectivity index (χ4n) is 3.27. The Labute approximate surface area is 122 Å². The van der Waals surface area contributed by atoms with Crippen molar-refractivity contribution >= 4 is 24.8 Å². The molecule has 3 fully saturated rings. The third-order valence-electron chi connectivity index (χ3n) is 4.26. The van der Waals surface area contributed by atoms with Crippen LogP contribution in [0.15, 0.2) is 24.5 Å². The van der Waals surface area contributed by atoms with Crippen LogP contribution in [0.25, 0.3) is 0 Å². The second-order valence-electron chi connectivity index (χ2n) is 5.27. The minimum Gasteiger partial charge on any atom is -0.300 e. The summed E-state index contributed by atoms with van der Waals surface area (Å²) in [5.41, 5.74) is 1.39. The third kappa shape index (κ3) is 3.59. The second-order valence-corrected chi connectivity index (χ2v) is 5.27. The van der Waals surface area contributed by atoms with Crippen LogP contribution in [0, 0.1) is 5.92 Å². The average Bonchev–Trinajstić information content (AvgIpc) is 2.39. The van der Waals surface area contributed by atoms with Gasteiger partial charge in [0.1, 0.15) is 0 Å². The van der Waals surface area contributed by atoms with Crippen LogP contribution in [-0.2, 0) is 6.42 Å². The van der Waals surface area contributed by atoms with E-state index in [4.69, 9.17) is 0 Å². The number of halogens is 2. The fraction of sp³-hybridized carbons (Fsp3) is 0.643. The molecule has 1 atom stereocenters. The van der Waals surface area contributed by atoms with Crippen molar-refractivity contribution in [2.24, 2.45) is 5.92 Å². The van der Waals surface area contributed by atoms with Crippen molar-refractivity contribution in [3.63, 3.8) is 0 Å². The molecule has 0 aromatic carbocycles. The molecule has 2 nitrogen and oxygen atoms in total. The topological polar surface area (TPSA) is 16.1 Å². The molecule has 1 unspecified atom stereocenters. The van der Waals surface area contributed by atoms with Gasteiger partial charge in [-0.25, -0.2) is 0 Å². The van der Waals surface area contributed by atoms with Gasteiger partial charge in [0.25, 0.3) is 0 Å². The molecule has 0 spiro atoms. The van der Waals surface area contributed by atoms with Gasteiger partial charge in [-0.05, 0) is 62.7 Å². The highest BCUT2D eigenvalue weighted by Gasteiger charge is 2.32. The molecular weight excluding hydrogens is 267 g/mol. The molecule has 1 aromatic rings. The zero-order valence-electron chi connectivity index (χ0n) is 10.6. The number of hydrogen-bond acceptors (Lipinski definition) is 2. The summed E-state index contributed by atoms with van der Waals surface area (Å²) in [6.07, 6.45) is 10.7. The molecule has 0 aliphatic carbocycles. The smallest absolute Gasteiger partial charge is 0.0299 e. The van der Waals surface area contributed by atoms with Crippen molar-refractivity contribution in [1.29, 1.82) is 0 Å². The van der Waals surface area contributed by atoms with Gasteiger partial charge < -0.3 is 4.90 Å². The van der Waals surface area contributed by atoms with Gasteiger partial charge >= 0.3 is 0 Å². The first kappa shape index (κ1) is 15.7. The summed E-state index contributed by atoms with van der Waals surface area (Å²) in [6, 6.07) is 5.10. The van der Waals surface area contributed by atoms with E-state index in [1.807, 2.05) is 18.5 Å². The summed E-state index contributed by atoms with van der Waals surface area (Å²) in [5.74, 6) is 1.03. The van der Waals surface area contributed by atoms with Gasteiger partial charge in [0, 0.05) is 18.4 Å². The Morgan fingerprint density at radius 1 is 1.22 bits per heavy atom. The first-order chi connectivity index (χ1) is 7.92. The van der Waals surface area contributed by atoms with E-state index in [2.05, 4.69) is 16.0 Å². The minimum absolute atomic E-state index is 0. The largest absolute Gasteiger partial charge is 0.300 e. The van der Waals surface area contributed by atoms with E-state index in [-0.39, 0.29) is 24.8 Å². The average molecular weight is 289 g/mol. The predicted octanol–water partition coefficient (Wildman–Crippen LogP) is 3.34. The van der Waals surface area contributed by atoms with Crippen molar-refractivity contribution in [2.45, 2.75) is 38.1 Å². The Bertz CT molecular complexity index is 337. The van der Waals surface area contributed by atoms with Crippen LogP contribution in [0.5, 0.6) is 0 Å². The summed E-state index contributed by atoms with van der Waals surface area (Å²) < 4.78 is 0. The first-order valence-corrected chi connectivity index (χ1v) is 6.55. The zero-order chi connectivity index (χ0) is 10.8. The van der Waals surface area contributed by atoms with Gasteiger partial charge in [0.2, 0.25) is 0 Å². The highest BCUT2D eigenvalue weighted by Crippen LogP contribution is 2.33. The van der Waals surface area contributed by atoms with Gasteiger partial charge in [-0.2, -0.15) is 0 Å². The molecule has 3 aliphatic heterocycles. The summed E-state index contributed by atoms with van der Waals surface area (Å²) in [5, 5.41) is 0. The van der Waals surface area contributed by atoms with Crippen LogP contribution in [-0.4, -0.2) is 29.0 Å². The van der Waals surface area contributed by atoms with Crippen molar-refractivity contribution < 1.29 is 0 Å². The van der Waals surface area contributed by atoms with E-state index in [0.29, 0.717) is 0 Å². The second kappa shape index (κ2) is 7.32. The van der Waals surface area contributed by atoms with E-state index in [0.717, 1.165) is 12.0 Å². The molecule has 4 rings (SSSR count). The standard InChI is InChI=1S/C14H20N2.2ClH/c1-2-13(11-15-7-1)3-4-14-10-12-5-8-16(14)9-6-12;;/h1-2,7,11-12,14H,3-6,8-10H2;2*1H. The molecule has 102 valence electrons. The lowest BCUT2D eigenvalue weighted by Gasteiger charge is -2.45. The Morgan fingerprint density at radius 2 is 2.00 bits per heavy atom. The van der Waals surface area contributed by atoms with Crippen LogP contribution in [0.1, 0.15) is 31.2 Å². The van der Waals surface area contributed by atoms with Gasteiger partial charge in [0.15, 0.2) is 0 Å². The predicted molar refractivity (Wildman–Crippen MR) is 79.8 cm³/mol. The molecular formula is C14H22Cl2N2. The number of aryl methyl sites for hydroxylation is 1. The van der Waals surface area contributed by atoms with E-state index >= 15 is 0 Å². The number of nitrogens with zero attached hydrogens (tertiary/aromatic N) is 2. The number of piperidine rings is 3. The third-order valence-corrected chi connectivity index (χ3v) is 4.26. The number of hydrogen-bond donors (Lipinski definition) is 0. The molecule has 3 saturated heterocycles. The minimum atomic E-state index is 0. The molecule has 4 heterocycles. The Hall–Kier alpha value is -0.310. The molecule has 1 aromatic heterocycles. The van der Waals surface area contributed by atoms with Crippen molar-refractivity contribution in [3.8, 4) is 0 Å². The summed E-state index contributed by atoms with van der Waals surface area (Å²) in [7, 11) is 0. The van der Waals surface area contributed by atoms with E-state index in [1.165, 1.54) is 50.8 Å². The van der Waals surface area contributed by atoms with E-state index in [1.54, 1.807) is 0 Å². The fourth-order valence-corrected chi connectivity index (χ4v) is 3.27. The maximum absolute atomic E-state index is 4.18. The first-order valence-electron chi connectivity index (χ1n) is 6.55. The van der Waals surface area contributed by atoms with Gasteiger partial charge in [0.05, 0.1) is 0 Å². The summed E-state index contributed by atoms with van der Waals surface area (Å²) >= 11 is 0. The molecule has 0 amide bonds. The van der Waals surface area contributed by atoms with Crippen LogP contribution in [0.4, 0.5) is 0 Å². The van der Waals surface area contributed by atoms with E-state index in [9.17, 15) is 0 Å². The number of rotatable bonds is 3. The van der Waals surface area contributed by atoms with Crippen molar-refractivity contribution in [2.75, 3.05) is 13.1 Å². The molecule has 0 radical (unpaired) electrons. The zero-order valence-corrected chi connectivity index (χ0v) is 12.3. The lowest BCUT2D eigenvalue weighted by atomic mass is 9.81. The number of fused-ring (bicyclic) bond motifs is 3. The Kier molecular flexibility index (Phi) is 6.40. The van der Waals surface area contributed by atoms with E-state index < -0.39 is 0 Å². The lowest BCUT2D eigenvalue weighted by Crippen LogP contribution is -2.48. The highest BCUT2D eigenvalue weighted by molar-refractivity contribution is 5.85. The maximum atomic E-state index is 4.18. The van der Waals surface area contributed by atoms with Crippen LogP contribution in [0.2, 0.25) is 0 Å². The molecule has 0 N–H and O–H groups in total. The number of aromatic nitrogens is 1. The van der Waals surface area contributed by atoms with Crippen LogP contribution >= 0.6 is 24.8 Å². The van der Waals surface area contributed by atoms with Crippen LogP contribution < -0.4 is 0 Å². The monoisotopic (exact) mass is 288 g/mol. The highest BCUT2D eigenvalue weighted by atomic mass is 35.5. The molecule has 18 heavy (non-hydrogen) atoms. The SMILES string of the molecule is Cl.Cl.c1cncc(CCC2CC3CCN2CC3)c1. The van der Waals surface area contributed by atoms with Gasteiger partial charge in [-0.1, -0.05) is 6.07 Å².